The van der Waals surface area contributed by atoms with E-state index in [0.717, 1.165) is 0 Å². The van der Waals surface area contributed by atoms with Crippen LogP contribution in [-0.2, 0) is 14.6 Å². The molecule has 0 aliphatic carbocycles. The Morgan fingerprint density at radius 2 is 2.00 bits per heavy atom. The van der Waals surface area contributed by atoms with Gasteiger partial charge >= 0.3 is 0 Å². The standard InChI is InChI=1S/C8H18N2O3S2/c1-6(2)7(8(11)10-9)14-4-5-15(3,12)13/h6-7H,4-5,9H2,1-3H3,(H,10,11). The first kappa shape index (κ1) is 14.7. The van der Waals surface area contributed by atoms with E-state index in [1.165, 1.54) is 18.0 Å². The summed E-state index contributed by atoms with van der Waals surface area (Å²) in [6, 6.07) is 0. The van der Waals surface area contributed by atoms with Gasteiger partial charge < -0.3 is 0 Å². The van der Waals surface area contributed by atoms with E-state index in [2.05, 4.69) is 5.43 Å². The molecule has 0 heterocycles. The topological polar surface area (TPSA) is 89.3 Å². The Morgan fingerprint density at radius 3 is 2.33 bits per heavy atom. The second-order valence-electron chi connectivity index (χ2n) is 3.67. The van der Waals surface area contributed by atoms with Crippen molar-refractivity contribution in [1.29, 1.82) is 0 Å². The van der Waals surface area contributed by atoms with Crippen LogP contribution in [0.4, 0.5) is 0 Å². The molecule has 0 aromatic carbocycles. The zero-order chi connectivity index (χ0) is 12.1. The van der Waals surface area contributed by atoms with Crippen LogP contribution < -0.4 is 11.3 Å². The van der Waals surface area contributed by atoms with Gasteiger partial charge in [0.1, 0.15) is 9.84 Å². The average Bonchev–Trinajstić information content (AvgIpc) is 2.09. The number of carbonyl (C=O) groups is 1. The van der Waals surface area contributed by atoms with Crippen molar-refractivity contribution in [3.8, 4) is 0 Å². The third-order valence-corrected chi connectivity index (χ3v) is 4.52. The average molecular weight is 254 g/mol. The molecule has 1 atom stereocenters. The van der Waals surface area contributed by atoms with Gasteiger partial charge in [-0.05, 0) is 5.92 Å². The quantitative estimate of drug-likeness (QED) is 0.388. The highest BCUT2D eigenvalue weighted by molar-refractivity contribution is 8.01. The van der Waals surface area contributed by atoms with E-state index < -0.39 is 9.84 Å². The van der Waals surface area contributed by atoms with Crippen molar-refractivity contribution in [3.63, 3.8) is 0 Å². The Bertz CT molecular complexity index is 301. The van der Waals surface area contributed by atoms with Crippen molar-refractivity contribution >= 4 is 27.5 Å². The molecule has 0 aliphatic heterocycles. The number of sulfone groups is 1. The first-order chi connectivity index (χ1) is 6.78. The molecule has 3 N–H and O–H groups in total. The molecule has 0 aromatic heterocycles. The van der Waals surface area contributed by atoms with Crippen molar-refractivity contribution in [1.82, 2.24) is 5.43 Å². The molecular formula is C8H18N2O3S2. The predicted octanol–water partition coefficient (Wildman–Crippen LogP) is -0.221. The lowest BCUT2D eigenvalue weighted by Crippen LogP contribution is -2.40. The number of amides is 1. The third-order valence-electron chi connectivity index (χ3n) is 1.76. The van der Waals surface area contributed by atoms with Crippen molar-refractivity contribution in [3.05, 3.63) is 0 Å². The van der Waals surface area contributed by atoms with Gasteiger partial charge in [-0.1, -0.05) is 13.8 Å². The molecule has 0 spiro atoms. The summed E-state index contributed by atoms with van der Waals surface area (Å²) in [5, 5.41) is -0.295. The van der Waals surface area contributed by atoms with Crippen LogP contribution in [0.25, 0.3) is 0 Å². The number of carbonyl (C=O) groups excluding carboxylic acids is 1. The number of hydrogen-bond donors (Lipinski definition) is 2. The summed E-state index contributed by atoms with van der Waals surface area (Å²) in [7, 11) is -2.96. The Hall–Kier alpha value is -0.270. The zero-order valence-electron chi connectivity index (χ0n) is 9.19. The van der Waals surface area contributed by atoms with E-state index in [9.17, 15) is 13.2 Å². The van der Waals surface area contributed by atoms with E-state index in [1.54, 1.807) is 0 Å². The molecular weight excluding hydrogens is 236 g/mol. The fraction of sp³-hybridized carbons (Fsp3) is 0.875. The zero-order valence-corrected chi connectivity index (χ0v) is 10.8. The highest BCUT2D eigenvalue weighted by Gasteiger charge is 2.22. The largest absolute Gasteiger partial charge is 0.293 e. The number of rotatable bonds is 6. The molecule has 15 heavy (non-hydrogen) atoms. The lowest BCUT2D eigenvalue weighted by Gasteiger charge is -2.17. The molecule has 90 valence electrons. The molecule has 0 aromatic rings. The Kier molecular flexibility index (Phi) is 6.23. The van der Waals surface area contributed by atoms with Crippen molar-refractivity contribution < 1.29 is 13.2 Å². The summed E-state index contributed by atoms with van der Waals surface area (Å²) >= 11 is 1.32. The number of nitrogens with one attached hydrogen (secondary N) is 1. The van der Waals surface area contributed by atoms with E-state index >= 15 is 0 Å². The number of hydrazine groups is 1. The lowest BCUT2D eigenvalue weighted by molar-refractivity contribution is -0.121. The predicted molar refractivity (Wildman–Crippen MR) is 63.1 cm³/mol. The maximum absolute atomic E-state index is 11.3. The van der Waals surface area contributed by atoms with Crippen LogP contribution in [-0.4, -0.2) is 37.3 Å². The molecule has 7 heteroatoms. The Balaban J connectivity index is 4.15. The van der Waals surface area contributed by atoms with E-state index in [0.29, 0.717) is 5.75 Å². The summed E-state index contributed by atoms with van der Waals surface area (Å²) in [5.41, 5.74) is 2.08. The summed E-state index contributed by atoms with van der Waals surface area (Å²) in [6.45, 7) is 3.79. The van der Waals surface area contributed by atoms with Crippen molar-refractivity contribution in [2.24, 2.45) is 11.8 Å². The normalized spacial score (nSPS) is 13.9. The number of hydrogen-bond acceptors (Lipinski definition) is 5. The first-order valence-electron chi connectivity index (χ1n) is 4.57. The highest BCUT2D eigenvalue weighted by atomic mass is 32.2. The minimum atomic E-state index is -2.96. The van der Waals surface area contributed by atoms with Gasteiger partial charge in [0.25, 0.3) is 0 Å². The molecule has 0 radical (unpaired) electrons. The summed E-state index contributed by atoms with van der Waals surface area (Å²) in [5.74, 6) is 5.39. The molecule has 0 bridgehead atoms. The minimum absolute atomic E-state index is 0.0821. The summed E-state index contributed by atoms with van der Waals surface area (Å²) < 4.78 is 21.8. The van der Waals surface area contributed by atoms with Gasteiger partial charge in [0.2, 0.25) is 5.91 Å². The van der Waals surface area contributed by atoms with Gasteiger partial charge in [-0.3, -0.25) is 10.2 Å². The second-order valence-corrected chi connectivity index (χ2v) is 7.18. The monoisotopic (exact) mass is 254 g/mol. The molecule has 0 aliphatic rings. The fourth-order valence-electron chi connectivity index (χ4n) is 0.979. The van der Waals surface area contributed by atoms with Gasteiger partial charge in [0.15, 0.2) is 0 Å². The van der Waals surface area contributed by atoms with Gasteiger partial charge in [-0.2, -0.15) is 0 Å². The van der Waals surface area contributed by atoms with Gasteiger partial charge in [0, 0.05) is 12.0 Å². The van der Waals surface area contributed by atoms with Gasteiger partial charge in [-0.25, -0.2) is 14.3 Å². The van der Waals surface area contributed by atoms with E-state index in [-0.39, 0.29) is 22.8 Å². The molecule has 1 amide bonds. The van der Waals surface area contributed by atoms with Gasteiger partial charge in [0.05, 0.1) is 11.0 Å². The van der Waals surface area contributed by atoms with Crippen LogP contribution in [0.3, 0.4) is 0 Å². The number of nitrogens with two attached hydrogens (primary N) is 1. The summed E-state index contributed by atoms with van der Waals surface area (Å²) in [6.07, 6.45) is 1.18. The maximum atomic E-state index is 11.3. The molecule has 0 rings (SSSR count). The van der Waals surface area contributed by atoms with Crippen LogP contribution in [0.2, 0.25) is 0 Å². The van der Waals surface area contributed by atoms with Gasteiger partial charge in [-0.15, -0.1) is 11.8 Å². The minimum Gasteiger partial charge on any atom is -0.293 e. The molecule has 0 fully saturated rings. The van der Waals surface area contributed by atoms with Crippen molar-refractivity contribution in [2.45, 2.75) is 19.1 Å². The number of thioether (sulfide) groups is 1. The second kappa shape index (κ2) is 6.34. The summed E-state index contributed by atoms with van der Waals surface area (Å²) in [4.78, 5) is 11.3. The lowest BCUT2D eigenvalue weighted by atomic mass is 10.1. The van der Waals surface area contributed by atoms with Crippen LogP contribution in [0, 0.1) is 5.92 Å². The van der Waals surface area contributed by atoms with Crippen LogP contribution in [0.5, 0.6) is 0 Å². The van der Waals surface area contributed by atoms with Crippen molar-refractivity contribution in [2.75, 3.05) is 17.8 Å². The third kappa shape index (κ3) is 6.75. The molecule has 0 saturated carbocycles. The Morgan fingerprint density at radius 1 is 1.47 bits per heavy atom. The smallest absolute Gasteiger partial charge is 0.247 e. The van der Waals surface area contributed by atoms with E-state index in [1.807, 2.05) is 13.8 Å². The van der Waals surface area contributed by atoms with Crippen LogP contribution in [0.1, 0.15) is 13.8 Å². The SMILES string of the molecule is CC(C)C(SCCS(C)(=O)=O)C(=O)NN. The van der Waals surface area contributed by atoms with Crippen LogP contribution in [0.15, 0.2) is 0 Å². The molecule has 0 saturated heterocycles. The molecule has 5 nitrogen and oxygen atoms in total. The first-order valence-corrected chi connectivity index (χ1v) is 7.68. The fourth-order valence-corrected chi connectivity index (χ4v) is 3.43. The van der Waals surface area contributed by atoms with Crippen LogP contribution >= 0.6 is 11.8 Å². The van der Waals surface area contributed by atoms with E-state index in [4.69, 9.17) is 5.84 Å². The Labute approximate surface area is 95.1 Å². The molecule has 1 unspecified atom stereocenters. The maximum Gasteiger partial charge on any atom is 0.247 e. The highest BCUT2D eigenvalue weighted by Crippen LogP contribution is 2.19.